The number of nitrogens with one attached hydrogen (secondary N) is 1. The van der Waals surface area contributed by atoms with Crippen molar-refractivity contribution < 1.29 is 19.3 Å². The smallest absolute Gasteiger partial charge is 0.349 e. The number of ether oxygens (including phenoxy) is 2. The highest BCUT2D eigenvalue weighted by Gasteiger charge is 2.14. The molecule has 2 aromatic rings. The molecule has 0 radical (unpaired) electrons. The number of H-pyrrole nitrogens is 1. The van der Waals surface area contributed by atoms with Gasteiger partial charge < -0.3 is 20.9 Å². The van der Waals surface area contributed by atoms with E-state index in [4.69, 9.17) is 20.9 Å². The van der Waals surface area contributed by atoms with E-state index >= 15 is 0 Å². The molecule has 0 unspecified atom stereocenters. The van der Waals surface area contributed by atoms with Crippen molar-refractivity contribution in [2.45, 2.75) is 0 Å². The van der Waals surface area contributed by atoms with E-state index in [-0.39, 0.29) is 5.96 Å². The van der Waals surface area contributed by atoms with Crippen LogP contribution < -0.4 is 25.9 Å². The van der Waals surface area contributed by atoms with Crippen LogP contribution in [0.15, 0.2) is 52.9 Å². The number of carbonyl (C=O) groups excluding carboxylic acids is 1. The highest BCUT2D eigenvalue weighted by Crippen LogP contribution is 2.28. The van der Waals surface area contributed by atoms with Crippen molar-refractivity contribution in [3.8, 4) is 11.5 Å². The molecule has 0 amide bonds. The summed E-state index contributed by atoms with van der Waals surface area (Å²) in [6.07, 6.45) is 4.69. The third-order valence-electron chi connectivity index (χ3n) is 2.71. The monoisotopic (exact) mass is 314 g/mol. The second-order valence-corrected chi connectivity index (χ2v) is 4.36. The lowest BCUT2D eigenvalue weighted by Gasteiger charge is -2.09. The van der Waals surface area contributed by atoms with Gasteiger partial charge in [-0.05, 0) is 29.8 Å². The third-order valence-corrected chi connectivity index (χ3v) is 2.71. The maximum atomic E-state index is 12.0. The summed E-state index contributed by atoms with van der Waals surface area (Å²) >= 11 is 0. The van der Waals surface area contributed by atoms with Crippen molar-refractivity contribution in [3.63, 3.8) is 0 Å². The van der Waals surface area contributed by atoms with Crippen LogP contribution in [0.1, 0.15) is 15.9 Å². The lowest BCUT2D eigenvalue weighted by Crippen LogP contribution is -2.21. The Morgan fingerprint density at radius 2 is 2.09 bits per heavy atom. The summed E-state index contributed by atoms with van der Waals surface area (Å²) in [5.74, 6) is 0.0350. The van der Waals surface area contributed by atoms with Gasteiger partial charge in [-0.1, -0.05) is 0 Å². The predicted octanol–water partition coefficient (Wildman–Crippen LogP) is 0.336. The third kappa shape index (κ3) is 4.53. The first kappa shape index (κ1) is 16.0. The topological polar surface area (TPSA) is 126 Å². The molecule has 0 aliphatic rings. The van der Waals surface area contributed by atoms with Crippen LogP contribution in [0.5, 0.6) is 11.5 Å². The number of nitrogens with zero attached hydrogens (tertiary/aromatic N) is 2. The second kappa shape index (κ2) is 7.55. The summed E-state index contributed by atoms with van der Waals surface area (Å²) in [6.45, 7) is 0. The zero-order valence-corrected chi connectivity index (χ0v) is 12.4. The molecule has 118 valence electrons. The van der Waals surface area contributed by atoms with Crippen molar-refractivity contribution in [2.24, 2.45) is 21.7 Å². The summed E-state index contributed by atoms with van der Waals surface area (Å²) in [5.41, 5.74) is 11.4. The van der Waals surface area contributed by atoms with Crippen LogP contribution in [-0.4, -0.2) is 25.3 Å². The number of pyridine rings is 1. The van der Waals surface area contributed by atoms with Crippen molar-refractivity contribution in [2.75, 3.05) is 7.11 Å². The Kier molecular flexibility index (Phi) is 5.24. The van der Waals surface area contributed by atoms with Gasteiger partial charge in [0.25, 0.3) is 0 Å². The Morgan fingerprint density at radius 3 is 2.74 bits per heavy atom. The van der Waals surface area contributed by atoms with Crippen molar-refractivity contribution in [3.05, 3.63) is 53.9 Å². The molecule has 8 heteroatoms. The number of rotatable bonds is 5. The minimum atomic E-state index is -0.498. The largest absolute Gasteiger partial charge is 0.493 e. The first-order valence-electron chi connectivity index (χ1n) is 6.58. The van der Waals surface area contributed by atoms with Gasteiger partial charge in [-0.3, -0.25) is 0 Å². The highest BCUT2D eigenvalue weighted by atomic mass is 16.6. The van der Waals surface area contributed by atoms with Gasteiger partial charge in [0.2, 0.25) is 5.96 Å². The number of carbonyl (C=O) groups is 1. The SMILES string of the molecule is COc1cc(/C=N/N=C(N)N)ccc1OC(=O)c1ccc[nH+]c1. The van der Waals surface area contributed by atoms with Crippen LogP contribution in [0.25, 0.3) is 0 Å². The van der Waals surface area contributed by atoms with Crippen LogP contribution in [0.4, 0.5) is 0 Å². The summed E-state index contributed by atoms with van der Waals surface area (Å²) in [4.78, 5) is 14.9. The van der Waals surface area contributed by atoms with E-state index in [0.717, 1.165) is 0 Å². The van der Waals surface area contributed by atoms with Gasteiger partial charge in [0.1, 0.15) is 5.56 Å². The molecule has 1 aromatic heterocycles. The molecular formula is C15H16N5O3+. The van der Waals surface area contributed by atoms with Gasteiger partial charge in [-0.25, -0.2) is 9.78 Å². The maximum Gasteiger partial charge on any atom is 0.349 e. The number of esters is 1. The fraction of sp³-hybridized carbons (Fsp3) is 0.0667. The summed E-state index contributed by atoms with van der Waals surface area (Å²) in [6, 6.07) is 8.28. The molecule has 0 aliphatic carbocycles. The van der Waals surface area contributed by atoms with E-state index < -0.39 is 5.97 Å². The van der Waals surface area contributed by atoms with Crippen LogP contribution in [0.3, 0.4) is 0 Å². The standard InChI is InChI=1S/C15H15N5O3/c1-22-13-7-10(8-19-20-15(16)17)4-5-12(13)23-14(21)11-3-2-6-18-9-11/h2-9H,1H3,(H4,16,17,20)/p+1/b19-8+. The lowest BCUT2D eigenvalue weighted by molar-refractivity contribution is -0.378. The van der Waals surface area contributed by atoms with E-state index in [1.807, 2.05) is 0 Å². The maximum absolute atomic E-state index is 12.0. The van der Waals surface area contributed by atoms with Crippen molar-refractivity contribution in [1.29, 1.82) is 0 Å². The fourth-order valence-electron chi connectivity index (χ4n) is 1.69. The minimum Gasteiger partial charge on any atom is -0.493 e. The van der Waals surface area contributed by atoms with Crippen molar-refractivity contribution >= 4 is 18.1 Å². The number of aromatic nitrogens is 1. The fourth-order valence-corrected chi connectivity index (χ4v) is 1.69. The molecule has 0 atom stereocenters. The minimum absolute atomic E-state index is 0.140. The molecule has 0 spiro atoms. The van der Waals surface area contributed by atoms with Gasteiger partial charge >= 0.3 is 5.97 Å². The van der Waals surface area contributed by atoms with Crippen LogP contribution in [-0.2, 0) is 0 Å². The quantitative estimate of drug-likeness (QED) is 0.270. The Balaban J connectivity index is 2.18. The van der Waals surface area contributed by atoms with E-state index in [9.17, 15) is 4.79 Å². The lowest BCUT2D eigenvalue weighted by atomic mass is 10.2. The van der Waals surface area contributed by atoms with Crippen molar-refractivity contribution in [1.82, 2.24) is 0 Å². The van der Waals surface area contributed by atoms with E-state index in [1.54, 1.807) is 42.7 Å². The molecule has 2 rings (SSSR count). The molecular weight excluding hydrogens is 298 g/mol. The molecule has 0 saturated carbocycles. The number of benzene rings is 1. The average molecular weight is 314 g/mol. The zero-order valence-electron chi connectivity index (χ0n) is 12.4. The molecule has 0 bridgehead atoms. The molecule has 0 saturated heterocycles. The molecule has 23 heavy (non-hydrogen) atoms. The van der Waals surface area contributed by atoms with Crippen LogP contribution in [0.2, 0.25) is 0 Å². The Morgan fingerprint density at radius 1 is 1.26 bits per heavy atom. The van der Waals surface area contributed by atoms with Crippen LogP contribution >= 0.6 is 0 Å². The summed E-state index contributed by atoms with van der Waals surface area (Å²) < 4.78 is 10.5. The first-order chi connectivity index (χ1) is 11.1. The number of nitrogens with two attached hydrogens (primary N) is 2. The molecule has 0 fully saturated rings. The van der Waals surface area contributed by atoms with Gasteiger partial charge in [-0.2, -0.15) is 5.10 Å². The number of hydrogen-bond donors (Lipinski definition) is 2. The normalized spacial score (nSPS) is 10.3. The van der Waals surface area contributed by atoms with Gasteiger partial charge in [-0.15, -0.1) is 5.10 Å². The van der Waals surface area contributed by atoms with E-state index in [0.29, 0.717) is 22.6 Å². The van der Waals surface area contributed by atoms with E-state index in [1.165, 1.54) is 13.3 Å². The average Bonchev–Trinajstić information content (AvgIpc) is 2.56. The molecule has 5 N–H and O–H groups in total. The highest BCUT2D eigenvalue weighted by molar-refractivity contribution is 5.91. The molecule has 0 aliphatic heterocycles. The van der Waals surface area contributed by atoms with Gasteiger partial charge in [0, 0.05) is 6.07 Å². The Labute approximate surface area is 132 Å². The van der Waals surface area contributed by atoms with Crippen LogP contribution in [0, 0.1) is 0 Å². The molecule has 1 aromatic carbocycles. The predicted molar refractivity (Wildman–Crippen MR) is 84.4 cm³/mol. The van der Waals surface area contributed by atoms with E-state index in [2.05, 4.69) is 15.2 Å². The number of hydrogen-bond acceptors (Lipinski definition) is 5. The Hall–Kier alpha value is -3.42. The van der Waals surface area contributed by atoms with Gasteiger partial charge in [0.15, 0.2) is 23.9 Å². The zero-order chi connectivity index (χ0) is 16.7. The Bertz CT molecular complexity index is 740. The molecule has 8 nitrogen and oxygen atoms in total. The summed E-state index contributed by atoms with van der Waals surface area (Å²) in [5, 5.41) is 7.20. The number of aromatic amines is 1. The van der Waals surface area contributed by atoms with Gasteiger partial charge in [0.05, 0.1) is 13.3 Å². The first-order valence-corrected chi connectivity index (χ1v) is 6.58. The summed E-state index contributed by atoms with van der Waals surface area (Å²) in [7, 11) is 1.47. The number of guanidine groups is 1. The molecule has 1 heterocycles. The second-order valence-electron chi connectivity index (χ2n) is 4.36. The number of methoxy groups -OCH3 is 1.